The number of nitrogens with one attached hydrogen (secondary N) is 1. The quantitative estimate of drug-likeness (QED) is 0.372. The summed E-state index contributed by atoms with van der Waals surface area (Å²) in [7, 11) is -0.689. The molecular formula is C28H28NP. The highest BCUT2D eigenvalue weighted by molar-refractivity contribution is 7.80. The van der Waals surface area contributed by atoms with Gasteiger partial charge >= 0.3 is 0 Å². The molecule has 0 fully saturated rings. The van der Waals surface area contributed by atoms with Crippen LogP contribution < -0.4 is 21.2 Å². The van der Waals surface area contributed by atoms with Gasteiger partial charge < -0.3 is 5.32 Å². The standard InChI is InChI=1S/C28H28NP/c1-28(2,3)25-20-13-21-26(27(25)29-22-14-7-4-8-15-22)30(23-16-9-5-10-17-23)24-18-11-6-12-19-24/h4-21,29H,1-3H3. The highest BCUT2D eigenvalue weighted by atomic mass is 31.1. The maximum Gasteiger partial charge on any atom is 0.0506 e. The summed E-state index contributed by atoms with van der Waals surface area (Å²) in [6.45, 7) is 6.86. The van der Waals surface area contributed by atoms with Gasteiger partial charge in [0, 0.05) is 11.0 Å². The van der Waals surface area contributed by atoms with Gasteiger partial charge in [0.1, 0.15) is 0 Å². The maximum absolute atomic E-state index is 3.78. The number of benzene rings is 4. The normalized spacial score (nSPS) is 11.5. The summed E-state index contributed by atoms with van der Waals surface area (Å²) in [6.07, 6.45) is 0. The van der Waals surface area contributed by atoms with E-state index in [4.69, 9.17) is 0 Å². The zero-order valence-electron chi connectivity index (χ0n) is 17.8. The van der Waals surface area contributed by atoms with Crippen LogP contribution in [0.25, 0.3) is 0 Å². The van der Waals surface area contributed by atoms with E-state index in [0.717, 1.165) is 5.69 Å². The van der Waals surface area contributed by atoms with E-state index in [-0.39, 0.29) is 5.41 Å². The molecule has 2 heteroatoms. The Kier molecular flexibility index (Phi) is 6.02. The van der Waals surface area contributed by atoms with E-state index in [0.29, 0.717) is 0 Å². The van der Waals surface area contributed by atoms with Gasteiger partial charge in [-0.2, -0.15) is 0 Å². The van der Waals surface area contributed by atoms with Crippen LogP contribution in [0.5, 0.6) is 0 Å². The molecule has 0 saturated carbocycles. The fourth-order valence-corrected chi connectivity index (χ4v) is 6.16. The molecule has 0 spiro atoms. The second kappa shape index (κ2) is 8.86. The summed E-state index contributed by atoms with van der Waals surface area (Å²) in [5.74, 6) is 0. The molecule has 0 amide bonds. The topological polar surface area (TPSA) is 12.0 Å². The molecule has 1 nitrogen and oxygen atoms in total. The summed E-state index contributed by atoms with van der Waals surface area (Å²) < 4.78 is 0. The van der Waals surface area contributed by atoms with Gasteiger partial charge in [-0.25, -0.2) is 0 Å². The van der Waals surface area contributed by atoms with Crippen LogP contribution in [0.3, 0.4) is 0 Å². The predicted octanol–water partition coefficient (Wildman–Crippen LogP) is 6.49. The molecule has 0 aliphatic carbocycles. The zero-order chi connectivity index (χ0) is 21.0. The lowest BCUT2D eigenvalue weighted by atomic mass is 9.85. The van der Waals surface area contributed by atoms with Crippen molar-refractivity contribution >= 4 is 35.2 Å². The van der Waals surface area contributed by atoms with Gasteiger partial charge in [-0.05, 0) is 41.6 Å². The number of rotatable bonds is 5. The Morgan fingerprint density at radius 1 is 0.567 bits per heavy atom. The molecule has 0 aromatic heterocycles. The first-order chi connectivity index (χ1) is 14.5. The van der Waals surface area contributed by atoms with Crippen LogP contribution >= 0.6 is 7.92 Å². The number of para-hydroxylation sites is 2. The van der Waals surface area contributed by atoms with Gasteiger partial charge in [-0.15, -0.1) is 0 Å². The lowest BCUT2D eigenvalue weighted by Crippen LogP contribution is -2.25. The molecule has 150 valence electrons. The minimum atomic E-state index is -0.689. The lowest BCUT2D eigenvalue weighted by molar-refractivity contribution is 0.593. The third-order valence-electron chi connectivity index (χ3n) is 5.16. The number of hydrogen-bond donors (Lipinski definition) is 1. The SMILES string of the molecule is CC(C)(C)c1cccc(P(c2ccccc2)c2ccccc2)c1Nc1ccccc1. The molecule has 0 saturated heterocycles. The fraction of sp³-hybridized carbons (Fsp3) is 0.143. The Labute approximate surface area is 181 Å². The van der Waals surface area contributed by atoms with Gasteiger partial charge in [0.15, 0.2) is 0 Å². The van der Waals surface area contributed by atoms with Gasteiger partial charge in [-0.3, -0.25) is 0 Å². The first-order valence-electron chi connectivity index (χ1n) is 10.4. The Hall–Kier alpha value is -2.89. The molecule has 30 heavy (non-hydrogen) atoms. The number of hydrogen-bond acceptors (Lipinski definition) is 1. The van der Waals surface area contributed by atoms with Crippen molar-refractivity contribution in [2.45, 2.75) is 26.2 Å². The van der Waals surface area contributed by atoms with Gasteiger partial charge in [-0.1, -0.05) is 118 Å². The molecule has 4 rings (SSSR count). The van der Waals surface area contributed by atoms with Crippen molar-refractivity contribution < 1.29 is 0 Å². The molecule has 4 aromatic rings. The lowest BCUT2D eigenvalue weighted by Gasteiger charge is -2.29. The molecule has 0 atom stereocenters. The Morgan fingerprint density at radius 3 is 1.57 bits per heavy atom. The molecule has 0 aliphatic heterocycles. The average Bonchev–Trinajstić information content (AvgIpc) is 2.76. The van der Waals surface area contributed by atoms with Crippen LogP contribution in [0.4, 0.5) is 11.4 Å². The van der Waals surface area contributed by atoms with E-state index < -0.39 is 7.92 Å². The van der Waals surface area contributed by atoms with Gasteiger partial charge in [0.05, 0.1) is 5.69 Å². The van der Waals surface area contributed by atoms with Gasteiger partial charge in [0.25, 0.3) is 0 Å². The van der Waals surface area contributed by atoms with Crippen molar-refractivity contribution in [2.24, 2.45) is 0 Å². The van der Waals surface area contributed by atoms with Crippen molar-refractivity contribution in [2.75, 3.05) is 5.32 Å². The first-order valence-corrected chi connectivity index (χ1v) is 11.7. The largest absolute Gasteiger partial charge is 0.355 e. The summed E-state index contributed by atoms with van der Waals surface area (Å²) >= 11 is 0. The monoisotopic (exact) mass is 409 g/mol. The molecule has 0 bridgehead atoms. The molecule has 0 heterocycles. The summed E-state index contributed by atoms with van der Waals surface area (Å²) in [4.78, 5) is 0. The zero-order valence-corrected chi connectivity index (χ0v) is 18.7. The molecule has 0 aliphatic rings. The third kappa shape index (κ3) is 4.48. The second-order valence-corrected chi connectivity index (χ2v) is 10.6. The summed E-state index contributed by atoms with van der Waals surface area (Å²) in [5.41, 5.74) is 3.71. The minimum absolute atomic E-state index is 0.0293. The first kappa shape index (κ1) is 20.4. The van der Waals surface area contributed by atoms with Crippen LogP contribution in [-0.4, -0.2) is 0 Å². The van der Waals surface area contributed by atoms with Crippen molar-refractivity contribution in [3.05, 3.63) is 115 Å². The van der Waals surface area contributed by atoms with E-state index >= 15 is 0 Å². The van der Waals surface area contributed by atoms with Crippen LogP contribution in [0, 0.1) is 0 Å². The van der Waals surface area contributed by atoms with E-state index in [1.807, 2.05) is 0 Å². The Bertz CT molecular complexity index is 1040. The average molecular weight is 410 g/mol. The maximum atomic E-state index is 3.78. The molecule has 1 N–H and O–H groups in total. The highest BCUT2D eigenvalue weighted by Crippen LogP contribution is 2.40. The third-order valence-corrected chi connectivity index (χ3v) is 7.65. The van der Waals surface area contributed by atoms with Crippen molar-refractivity contribution in [1.29, 1.82) is 0 Å². The molecular weight excluding hydrogens is 381 g/mol. The van der Waals surface area contributed by atoms with Crippen molar-refractivity contribution in [3.8, 4) is 0 Å². The van der Waals surface area contributed by atoms with Crippen molar-refractivity contribution in [1.82, 2.24) is 0 Å². The summed E-state index contributed by atoms with van der Waals surface area (Å²) in [6, 6.07) is 39.1. The van der Waals surface area contributed by atoms with E-state index in [1.165, 1.54) is 27.2 Å². The van der Waals surface area contributed by atoms with Crippen LogP contribution in [0.1, 0.15) is 26.3 Å². The highest BCUT2D eigenvalue weighted by Gasteiger charge is 2.25. The summed E-state index contributed by atoms with van der Waals surface area (Å²) in [5, 5.41) is 7.87. The van der Waals surface area contributed by atoms with Crippen molar-refractivity contribution in [3.63, 3.8) is 0 Å². The Balaban J connectivity index is 1.95. The van der Waals surface area contributed by atoms with Crippen LogP contribution in [0.15, 0.2) is 109 Å². The van der Waals surface area contributed by atoms with Gasteiger partial charge in [0.2, 0.25) is 0 Å². The predicted molar refractivity (Wildman–Crippen MR) is 134 cm³/mol. The second-order valence-electron chi connectivity index (χ2n) is 8.45. The molecule has 0 unspecified atom stereocenters. The van der Waals surface area contributed by atoms with E-state index in [2.05, 4.69) is 135 Å². The smallest absolute Gasteiger partial charge is 0.0506 e. The molecule has 4 aromatic carbocycles. The van der Waals surface area contributed by atoms with E-state index in [1.54, 1.807) is 0 Å². The number of anilines is 2. The van der Waals surface area contributed by atoms with E-state index in [9.17, 15) is 0 Å². The van der Waals surface area contributed by atoms with Crippen LogP contribution in [0.2, 0.25) is 0 Å². The minimum Gasteiger partial charge on any atom is -0.355 e. The Morgan fingerprint density at radius 2 is 1.07 bits per heavy atom. The van der Waals surface area contributed by atoms with Crippen LogP contribution in [-0.2, 0) is 5.41 Å². The molecule has 0 radical (unpaired) electrons. The fourth-order valence-electron chi connectivity index (χ4n) is 3.73.